The average molecular weight is 227 g/mol. The molecule has 1 aliphatic rings. The van der Waals surface area contributed by atoms with Gasteiger partial charge in [0.05, 0.1) is 0 Å². The van der Waals surface area contributed by atoms with Gasteiger partial charge in [-0.25, -0.2) is 0 Å². The Morgan fingerprint density at radius 3 is 2.25 bits per heavy atom. The molecule has 16 heavy (non-hydrogen) atoms. The largest absolute Gasteiger partial charge is 0.481 e. The van der Waals surface area contributed by atoms with E-state index in [1.54, 1.807) is 4.90 Å². The molecule has 5 heteroatoms. The molecule has 1 saturated heterocycles. The number of carboxylic acid groups (broad SMARTS) is 1. The van der Waals surface area contributed by atoms with Crippen molar-refractivity contribution in [2.75, 3.05) is 13.1 Å². The lowest BCUT2D eigenvalue weighted by atomic mass is 10.1. The Hall–Kier alpha value is -1.39. The Bertz CT molecular complexity index is 278. The van der Waals surface area contributed by atoms with Crippen LogP contribution in [0.1, 0.15) is 38.5 Å². The van der Waals surface area contributed by atoms with Crippen molar-refractivity contribution in [2.45, 2.75) is 38.5 Å². The fourth-order valence-electron chi connectivity index (χ4n) is 1.72. The highest BCUT2D eigenvalue weighted by Gasteiger charge is 2.19. The van der Waals surface area contributed by atoms with Crippen LogP contribution in [0.25, 0.3) is 0 Å². The van der Waals surface area contributed by atoms with E-state index in [4.69, 9.17) is 5.11 Å². The number of amides is 1. The molecule has 0 aromatic carbocycles. The van der Waals surface area contributed by atoms with E-state index < -0.39 is 5.97 Å². The predicted molar refractivity (Wildman–Crippen MR) is 56.9 cm³/mol. The predicted octanol–water partition coefficient (Wildman–Crippen LogP) is 0.823. The second-order valence-corrected chi connectivity index (χ2v) is 4.02. The molecule has 1 heterocycles. The zero-order valence-corrected chi connectivity index (χ0v) is 9.28. The molecule has 0 aromatic rings. The van der Waals surface area contributed by atoms with Gasteiger partial charge in [0.2, 0.25) is 5.91 Å². The van der Waals surface area contributed by atoms with Crippen molar-refractivity contribution in [3.05, 3.63) is 0 Å². The van der Waals surface area contributed by atoms with Crippen LogP contribution >= 0.6 is 0 Å². The minimum absolute atomic E-state index is 0.0397. The monoisotopic (exact) mass is 227 g/mol. The zero-order valence-electron chi connectivity index (χ0n) is 9.28. The molecule has 0 radical (unpaired) electrons. The van der Waals surface area contributed by atoms with E-state index >= 15 is 0 Å². The van der Waals surface area contributed by atoms with Crippen molar-refractivity contribution < 1.29 is 19.5 Å². The summed E-state index contributed by atoms with van der Waals surface area (Å²) in [7, 11) is 0. The first kappa shape index (κ1) is 12.7. The maximum atomic E-state index is 11.6. The normalized spacial score (nSPS) is 16.2. The minimum atomic E-state index is -0.823. The maximum absolute atomic E-state index is 11.6. The van der Waals surface area contributed by atoms with Crippen LogP contribution < -0.4 is 0 Å². The first-order chi connectivity index (χ1) is 7.59. The van der Waals surface area contributed by atoms with Gasteiger partial charge in [-0.05, 0) is 12.8 Å². The smallest absolute Gasteiger partial charge is 0.303 e. The molecule has 0 unspecified atom stereocenters. The summed E-state index contributed by atoms with van der Waals surface area (Å²) in [5.74, 6) is -0.566. The highest BCUT2D eigenvalue weighted by molar-refractivity contribution is 5.83. The molecule has 0 spiro atoms. The summed E-state index contributed by atoms with van der Waals surface area (Å²) in [4.78, 5) is 34.5. The standard InChI is InChI=1S/C11H17NO4/c13-9-5-7-12(8-6-9)10(14)3-1-2-4-11(15)16/h1-8H2,(H,15,16). The number of unbranched alkanes of at least 4 members (excludes halogenated alkanes) is 1. The van der Waals surface area contributed by atoms with Gasteiger partial charge in [0.1, 0.15) is 5.78 Å². The third kappa shape index (κ3) is 4.42. The third-order valence-corrected chi connectivity index (χ3v) is 2.71. The number of hydrogen-bond acceptors (Lipinski definition) is 3. The van der Waals surface area contributed by atoms with Crippen LogP contribution in [0.5, 0.6) is 0 Å². The van der Waals surface area contributed by atoms with E-state index in [0.717, 1.165) is 0 Å². The Morgan fingerprint density at radius 1 is 1.12 bits per heavy atom. The van der Waals surface area contributed by atoms with Crippen LogP contribution in [0.3, 0.4) is 0 Å². The summed E-state index contributed by atoms with van der Waals surface area (Å²) >= 11 is 0. The van der Waals surface area contributed by atoms with Gasteiger partial charge in [0.15, 0.2) is 0 Å². The second-order valence-electron chi connectivity index (χ2n) is 4.02. The molecule has 1 fully saturated rings. The molecule has 1 aliphatic heterocycles. The van der Waals surface area contributed by atoms with Gasteiger partial charge in [-0.3, -0.25) is 14.4 Å². The van der Waals surface area contributed by atoms with Crippen molar-refractivity contribution in [3.63, 3.8) is 0 Å². The number of ketones is 1. The van der Waals surface area contributed by atoms with Crippen molar-refractivity contribution in [3.8, 4) is 0 Å². The minimum Gasteiger partial charge on any atom is -0.481 e. The third-order valence-electron chi connectivity index (χ3n) is 2.71. The van der Waals surface area contributed by atoms with Crippen LogP contribution in [0.2, 0.25) is 0 Å². The van der Waals surface area contributed by atoms with Gasteiger partial charge in [-0.2, -0.15) is 0 Å². The molecule has 0 atom stereocenters. The number of carbonyl (C=O) groups excluding carboxylic acids is 2. The van der Waals surface area contributed by atoms with E-state index in [2.05, 4.69) is 0 Å². The molecular formula is C11H17NO4. The first-order valence-electron chi connectivity index (χ1n) is 5.61. The van der Waals surface area contributed by atoms with Crippen LogP contribution in [0, 0.1) is 0 Å². The zero-order chi connectivity index (χ0) is 12.0. The molecule has 5 nitrogen and oxygen atoms in total. The topological polar surface area (TPSA) is 74.7 Å². The molecular weight excluding hydrogens is 210 g/mol. The van der Waals surface area contributed by atoms with Crippen molar-refractivity contribution >= 4 is 17.7 Å². The SMILES string of the molecule is O=C(O)CCCCC(=O)N1CCC(=O)CC1. The van der Waals surface area contributed by atoms with Gasteiger partial charge in [0.25, 0.3) is 0 Å². The summed E-state index contributed by atoms with van der Waals surface area (Å²) in [5.41, 5.74) is 0. The molecule has 0 aliphatic carbocycles. The maximum Gasteiger partial charge on any atom is 0.303 e. The highest BCUT2D eigenvalue weighted by atomic mass is 16.4. The van der Waals surface area contributed by atoms with Gasteiger partial charge < -0.3 is 10.0 Å². The lowest BCUT2D eigenvalue weighted by molar-refractivity contribution is -0.138. The van der Waals surface area contributed by atoms with Crippen molar-refractivity contribution in [2.24, 2.45) is 0 Å². The van der Waals surface area contributed by atoms with E-state index in [1.165, 1.54) is 0 Å². The molecule has 0 bridgehead atoms. The van der Waals surface area contributed by atoms with Crippen molar-refractivity contribution in [1.29, 1.82) is 0 Å². The molecule has 1 N–H and O–H groups in total. The summed E-state index contributed by atoms with van der Waals surface area (Å²) in [6.45, 7) is 1.05. The van der Waals surface area contributed by atoms with Gasteiger partial charge in [-0.1, -0.05) is 0 Å². The summed E-state index contributed by atoms with van der Waals surface area (Å²) in [6.07, 6.45) is 2.57. The average Bonchev–Trinajstić information content (AvgIpc) is 2.25. The molecule has 0 saturated carbocycles. The van der Waals surface area contributed by atoms with Crippen LogP contribution in [-0.4, -0.2) is 40.8 Å². The fraction of sp³-hybridized carbons (Fsp3) is 0.727. The number of aliphatic carboxylic acids is 1. The Labute approximate surface area is 94.4 Å². The molecule has 90 valence electrons. The van der Waals surface area contributed by atoms with Gasteiger partial charge in [0, 0.05) is 38.8 Å². The van der Waals surface area contributed by atoms with Gasteiger partial charge in [-0.15, -0.1) is 0 Å². The van der Waals surface area contributed by atoms with E-state index in [0.29, 0.717) is 45.2 Å². The van der Waals surface area contributed by atoms with Crippen LogP contribution in [0.4, 0.5) is 0 Å². The Kier molecular flexibility index (Phi) is 4.95. The number of likely N-dealkylation sites (tertiary alicyclic amines) is 1. The molecule has 0 aromatic heterocycles. The number of carboxylic acids is 1. The quantitative estimate of drug-likeness (QED) is 0.706. The lowest BCUT2D eigenvalue weighted by Crippen LogP contribution is -2.38. The second kappa shape index (κ2) is 6.25. The number of rotatable bonds is 5. The number of nitrogens with zero attached hydrogens (tertiary/aromatic N) is 1. The lowest BCUT2D eigenvalue weighted by Gasteiger charge is -2.26. The van der Waals surface area contributed by atoms with Gasteiger partial charge >= 0.3 is 5.97 Å². The molecule has 1 amide bonds. The number of hydrogen-bond donors (Lipinski definition) is 1. The van der Waals surface area contributed by atoms with E-state index in [9.17, 15) is 14.4 Å². The summed E-state index contributed by atoms with van der Waals surface area (Å²) in [5, 5.41) is 8.42. The van der Waals surface area contributed by atoms with E-state index in [-0.39, 0.29) is 18.1 Å². The Balaban J connectivity index is 2.15. The molecule has 1 rings (SSSR count). The van der Waals surface area contributed by atoms with E-state index in [1.807, 2.05) is 0 Å². The van der Waals surface area contributed by atoms with Crippen LogP contribution in [-0.2, 0) is 14.4 Å². The summed E-state index contributed by atoms with van der Waals surface area (Å²) < 4.78 is 0. The summed E-state index contributed by atoms with van der Waals surface area (Å²) in [6, 6.07) is 0. The highest BCUT2D eigenvalue weighted by Crippen LogP contribution is 2.09. The number of Topliss-reactive ketones (excluding diaryl/α,β-unsaturated/α-hetero) is 1. The Morgan fingerprint density at radius 2 is 1.69 bits per heavy atom. The number of piperidine rings is 1. The number of carbonyl (C=O) groups is 3. The van der Waals surface area contributed by atoms with Crippen LogP contribution in [0.15, 0.2) is 0 Å². The first-order valence-corrected chi connectivity index (χ1v) is 5.61. The van der Waals surface area contributed by atoms with Crippen molar-refractivity contribution in [1.82, 2.24) is 4.90 Å². The fourth-order valence-corrected chi connectivity index (χ4v) is 1.72.